The molecule has 114 heavy (non-hydrogen) atoms. The van der Waals surface area contributed by atoms with Gasteiger partial charge in [-0.1, -0.05) is 256 Å². The fourth-order valence-corrected chi connectivity index (χ4v) is 22.5. The van der Waals surface area contributed by atoms with Gasteiger partial charge in [-0.15, -0.1) is 0 Å². The second-order valence-corrected chi connectivity index (χ2v) is 43.3. The van der Waals surface area contributed by atoms with Crippen molar-refractivity contribution in [2.75, 3.05) is 9.80 Å². The number of aryl methyl sites for hydroxylation is 1. The SMILES string of the molecule is CC1=CCC(N2C3=C4B(C5C=C(C(C)(C)C)C=CC5OC4=CC(C(C)(C)C)C3)C3CC(c4cc(-c5ccc6c(c5)B5C7=C(CCC(C(C)(C)C)=C7)OC7=CC(C(C)(C)C)CC(=C57)N6C5=CC=C(C)CC5)cc(-c5ccc6c(c5)B5c7c(cc(C(C)(C)C)cc7N6c6ccc(C)cc6)OC6C=CC(C(C)(C)C)CC56)c4)C=CC32)C=C1. The van der Waals surface area contributed by atoms with Gasteiger partial charge in [0.1, 0.15) is 29.5 Å². The average molecular weight is 1510 g/mol. The largest absolute Gasteiger partial charge is 0.487 e. The number of anilines is 4. The summed E-state index contributed by atoms with van der Waals surface area (Å²) in [5.74, 6) is 6.30. The van der Waals surface area contributed by atoms with Crippen LogP contribution in [0.25, 0.3) is 22.3 Å². The van der Waals surface area contributed by atoms with E-state index in [0.717, 1.165) is 80.8 Å². The van der Waals surface area contributed by atoms with Crippen LogP contribution in [0.5, 0.6) is 5.75 Å². The van der Waals surface area contributed by atoms with Crippen molar-refractivity contribution in [1.82, 2.24) is 4.90 Å². The summed E-state index contributed by atoms with van der Waals surface area (Å²) in [4.78, 5) is 8.28. The molecule has 0 bridgehead atoms. The first-order chi connectivity index (χ1) is 54.0. The van der Waals surface area contributed by atoms with Crippen LogP contribution in [-0.2, 0) is 14.9 Å². The lowest BCUT2D eigenvalue weighted by Gasteiger charge is -2.57. The van der Waals surface area contributed by atoms with Crippen LogP contribution in [0.2, 0.25) is 17.5 Å². The Kier molecular flexibility index (Phi) is 17.7. The summed E-state index contributed by atoms with van der Waals surface area (Å²) in [6.45, 7) is 50.6. The Morgan fingerprint density at radius 3 is 1.86 bits per heavy atom. The van der Waals surface area contributed by atoms with Crippen LogP contribution in [-0.4, -0.2) is 49.3 Å². The van der Waals surface area contributed by atoms with Gasteiger partial charge in [0.15, 0.2) is 6.71 Å². The van der Waals surface area contributed by atoms with Crippen LogP contribution >= 0.6 is 0 Å². The quantitative estimate of drug-likeness (QED) is 0.125. The average Bonchev–Trinajstić information content (AvgIpc) is 0.713. The van der Waals surface area contributed by atoms with Crippen LogP contribution in [0.15, 0.2) is 255 Å². The van der Waals surface area contributed by atoms with E-state index in [1.165, 1.54) is 134 Å². The maximum absolute atomic E-state index is 7.54. The van der Waals surface area contributed by atoms with Gasteiger partial charge in [0.25, 0.3) is 6.71 Å². The zero-order chi connectivity index (χ0) is 79.7. The molecule has 19 rings (SSSR count). The van der Waals surface area contributed by atoms with Gasteiger partial charge < -0.3 is 28.9 Å². The predicted octanol–water partition coefficient (Wildman–Crippen LogP) is 25.2. The third-order valence-electron chi connectivity index (χ3n) is 29.5. The molecule has 1 saturated heterocycles. The Balaban J connectivity index is 0.833. The minimum atomic E-state index is -0.110. The molecule has 6 heterocycles. The lowest BCUT2D eigenvalue weighted by atomic mass is 9.24. The summed E-state index contributed by atoms with van der Waals surface area (Å²) in [6, 6.07) is 38.0. The Bertz CT molecular complexity index is 5370. The van der Waals surface area contributed by atoms with E-state index in [1.807, 2.05) is 0 Å². The molecule has 584 valence electrons. The molecule has 0 aromatic heterocycles. The van der Waals surface area contributed by atoms with Crippen LogP contribution < -0.4 is 30.9 Å². The van der Waals surface area contributed by atoms with Crippen molar-refractivity contribution < 1.29 is 14.2 Å². The van der Waals surface area contributed by atoms with Crippen LogP contribution in [0.3, 0.4) is 0 Å². The molecule has 11 unspecified atom stereocenters. The molecule has 6 aliphatic heterocycles. The van der Waals surface area contributed by atoms with Gasteiger partial charge in [-0.05, 0) is 279 Å². The summed E-state index contributed by atoms with van der Waals surface area (Å²) in [6.07, 6.45) is 46.8. The molecule has 8 aliphatic carbocycles. The third-order valence-corrected chi connectivity index (χ3v) is 29.5. The fraction of sp³-hybridized carbons (Fsp3) is 0.448. The summed E-state index contributed by atoms with van der Waals surface area (Å²) < 4.78 is 22.5. The van der Waals surface area contributed by atoms with E-state index in [2.05, 4.69) is 342 Å². The van der Waals surface area contributed by atoms with E-state index in [9.17, 15) is 0 Å². The van der Waals surface area contributed by atoms with Gasteiger partial charge in [-0.3, -0.25) is 0 Å². The second kappa shape index (κ2) is 26.7. The summed E-state index contributed by atoms with van der Waals surface area (Å²) in [5, 5.41) is 0. The van der Waals surface area contributed by atoms with Crippen molar-refractivity contribution in [1.29, 1.82) is 0 Å². The lowest BCUT2D eigenvalue weighted by Crippen LogP contribution is -2.60. The molecule has 0 saturated carbocycles. The number of hydrogen-bond donors (Lipinski definition) is 0. The molecule has 11 atom stereocenters. The molecule has 0 N–H and O–H groups in total. The van der Waals surface area contributed by atoms with Gasteiger partial charge in [0, 0.05) is 64.0 Å². The number of hydrogen-bond acceptors (Lipinski definition) is 6. The number of benzene rings is 5. The number of allylic oxidation sites excluding steroid dienone is 20. The standard InChI is InChI=1S/C105H122B3N3O3/c1-61-22-34-76(35-23-61)109-85-40-28-64(49-79(85)106-82-52-70(100(4,5)6)31-43-91(82)112-94-58-73(103(13,14)15)55-88(109)97(94)106)67-46-68(65-29-41-86-80(50-65)107-83-53-71(101(7,8)9)32-44-92(83)113-95-59-74(104(16,17)18)56-89(98(95)107)110(86)77-36-24-62(2)25-37-77)48-69(47-67)66-30-42-87-81(51-66)108-84-54-72(102(10,11)12)33-45-93(84)114-96-60-75(105(19,20)21)57-90(99(96)108)111(87)78-38-26-63(3)27-39-78/h22-26,28-32,34-36,38,40-44,46-49,51,53-55,58-60,65,70,74-75,77,80,82-83,86,91-92H,27,33,37,39,45,50,52,56-57H2,1-21H3. The zero-order valence-corrected chi connectivity index (χ0v) is 72.3. The second-order valence-electron chi connectivity index (χ2n) is 43.3. The number of nitrogens with zero attached hydrogens (tertiary/aromatic N) is 3. The van der Waals surface area contributed by atoms with E-state index < -0.39 is 0 Å². The molecule has 6 nitrogen and oxygen atoms in total. The van der Waals surface area contributed by atoms with Crippen molar-refractivity contribution in [2.45, 2.75) is 256 Å². The summed E-state index contributed by atoms with van der Waals surface area (Å²) >= 11 is 0. The van der Waals surface area contributed by atoms with E-state index in [4.69, 9.17) is 14.2 Å². The van der Waals surface area contributed by atoms with E-state index >= 15 is 0 Å². The highest BCUT2D eigenvalue weighted by Gasteiger charge is 2.58. The van der Waals surface area contributed by atoms with Gasteiger partial charge >= 0.3 is 0 Å². The van der Waals surface area contributed by atoms with Crippen LogP contribution in [0.1, 0.15) is 219 Å². The monoisotopic (exact) mass is 1510 g/mol. The highest BCUT2D eigenvalue weighted by Crippen LogP contribution is 2.61. The molecule has 5 aromatic rings. The number of ether oxygens (including phenoxy) is 3. The molecule has 1 fully saturated rings. The number of rotatable bonds is 6. The van der Waals surface area contributed by atoms with Crippen molar-refractivity contribution >= 4 is 59.3 Å². The minimum absolute atomic E-state index is 0.0113. The molecule has 9 heteroatoms. The zero-order valence-electron chi connectivity index (χ0n) is 72.3. The summed E-state index contributed by atoms with van der Waals surface area (Å²) in [7, 11) is 0. The fourth-order valence-electron chi connectivity index (χ4n) is 22.5. The summed E-state index contributed by atoms with van der Waals surface area (Å²) in [5.41, 5.74) is 32.4. The minimum Gasteiger partial charge on any atom is -0.487 e. The topological polar surface area (TPSA) is 37.4 Å². The predicted molar refractivity (Wildman–Crippen MR) is 483 cm³/mol. The molecular formula is C105H122B3N3O3. The van der Waals surface area contributed by atoms with E-state index in [1.54, 1.807) is 0 Å². The lowest BCUT2D eigenvalue weighted by molar-refractivity contribution is 0.123. The molecular weight excluding hydrogens is 1380 g/mol. The maximum Gasteiger partial charge on any atom is 0.255 e. The van der Waals surface area contributed by atoms with Crippen molar-refractivity contribution in [3.63, 3.8) is 0 Å². The van der Waals surface area contributed by atoms with E-state index in [0.29, 0.717) is 23.6 Å². The van der Waals surface area contributed by atoms with Crippen molar-refractivity contribution in [3.05, 3.63) is 272 Å². The van der Waals surface area contributed by atoms with Crippen molar-refractivity contribution in [3.8, 4) is 28.0 Å². The van der Waals surface area contributed by atoms with Gasteiger partial charge in [-0.25, -0.2) is 0 Å². The first kappa shape index (κ1) is 75.5. The van der Waals surface area contributed by atoms with Gasteiger partial charge in [0.05, 0.1) is 11.8 Å². The highest BCUT2D eigenvalue weighted by atomic mass is 16.5. The van der Waals surface area contributed by atoms with Crippen LogP contribution in [0.4, 0.5) is 22.7 Å². The normalized spacial score (nSPS) is 27.3. The smallest absolute Gasteiger partial charge is 0.255 e. The first-order valence-electron chi connectivity index (χ1n) is 43.9. The van der Waals surface area contributed by atoms with Crippen LogP contribution in [0, 0.1) is 51.8 Å². The Labute approximate surface area is 684 Å². The first-order valence-corrected chi connectivity index (χ1v) is 43.9. The Hall–Kier alpha value is -8.55. The molecule has 0 radical (unpaired) electrons. The van der Waals surface area contributed by atoms with Gasteiger partial charge in [-0.2, -0.15) is 0 Å². The van der Waals surface area contributed by atoms with Gasteiger partial charge in [0.2, 0.25) is 6.71 Å². The highest BCUT2D eigenvalue weighted by molar-refractivity contribution is 6.91. The Morgan fingerprint density at radius 1 is 0.509 bits per heavy atom. The molecule has 0 amide bonds. The molecule has 14 aliphatic rings. The molecule has 5 aromatic carbocycles. The van der Waals surface area contributed by atoms with Crippen molar-refractivity contribution in [2.24, 2.45) is 44.8 Å². The Morgan fingerprint density at radius 2 is 1.20 bits per heavy atom. The van der Waals surface area contributed by atoms with E-state index in [-0.39, 0.29) is 94.5 Å². The number of fused-ring (bicyclic) bond motifs is 11. The third kappa shape index (κ3) is 12.8. The molecule has 0 spiro atoms. The maximum atomic E-state index is 7.54.